The Bertz CT molecular complexity index is 1130. The van der Waals surface area contributed by atoms with Crippen LogP contribution in [0.4, 0.5) is 15.8 Å². The van der Waals surface area contributed by atoms with Gasteiger partial charge in [0.1, 0.15) is 11.9 Å². The summed E-state index contributed by atoms with van der Waals surface area (Å²) in [6.45, 7) is 4.56. The van der Waals surface area contributed by atoms with Crippen LogP contribution in [0.5, 0.6) is 0 Å². The van der Waals surface area contributed by atoms with Crippen LogP contribution < -0.4 is 21.3 Å². The molecule has 0 radical (unpaired) electrons. The molecule has 1 amide bonds. The molecule has 1 unspecified atom stereocenters. The topological polar surface area (TPSA) is 114 Å². The molecule has 0 spiro atoms. The number of amides is 1. The number of anilines is 2. The molecular weight excluding hydrogens is 626 g/mol. The Morgan fingerprint density at radius 2 is 1.74 bits per heavy atom. The number of nitrogens with one attached hydrogen (secondary N) is 2. The normalized spacial score (nSPS) is 13.6. The van der Waals surface area contributed by atoms with Crippen molar-refractivity contribution in [3.05, 3.63) is 59.9 Å². The first-order chi connectivity index (χ1) is 19.7. The van der Waals surface area contributed by atoms with E-state index in [1.165, 1.54) is 36.0 Å². The molecule has 4 N–H and O–H groups in total. The second-order valence-electron chi connectivity index (χ2n) is 9.33. The molecule has 234 valence electrons. The molecular formula is C29H40Cl3FN4O4S. The largest absolute Gasteiger partial charge is 0.464 e. The van der Waals surface area contributed by atoms with Gasteiger partial charge in [0.05, 0.1) is 24.6 Å². The van der Waals surface area contributed by atoms with E-state index in [0.29, 0.717) is 48.3 Å². The average Bonchev–Trinajstić information content (AvgIpc) is 2.96. The number of ether oxygens (including phenoxy) is 1. The standard InChI is InChI=1S/C29H39Cl2FN4O4S.ClH/c1-4-40-29(39)24(12-17-41-3)35-28(38)26(33)25(27(37)19(2)34-22-10-8-21(32)9-11-22)20-6-5-7-23(18-20)36(15-13-30)16-14-31;/h5-11,18-19,24-26,34H,4,12-17,33H2,1-3H3,(H,35,38);1H/t19-,24-,25?,26-;/m0./s1. The van der Waals surface area contributed by atoms with Crippen LogP contribution in [0.25, 0.3) is 0 Å². The van der Waals surface area contributed by atoms with Crippen molar-refractivity contribution in [3.8, 4) is 0 Å². The van der Waals surface area contributed by atoms with E-state index < -0.39 is 41.7 Å². The summed E-state index contributed by atoms with van der Waals surface area (Å²) in [5.41, 5.74) is 8.35. The predicted octanol–water partition coefficient (Wildman–Crippen LogP) is 4.81. The van der Waals surface area contributed by atoms with Gasteiger partial charge in [0.2, 0.25) is 5.91 Å². The number of rotatable bonds is 18. The molecule has 0 saturated heterocycles. The summed E-state index contributed by atoms with van der Waals surface area (Å²) >= 11 is 13.5. The van der Waals surface area contributed by atoms with Gasteiger partial charge < -0.3 is 26.0 Å². The lowest BCUT2D eigenvalue weighted by Gasteiger charge is -2.29. The summed E-state index contributed by atoms with van der Waals surface area (Å²) < 4.78 is 18.6. The Hall–Kier alpha value is -2.24. The molecule has 4 atom stereocenters. The molecule has 0 saturated carbocycles. The predicted molar refractivity (Wildman–Crippen MR) is 174 cm³/mol. The van der Waals surface area contributed by atoms with E-state index in [9.17, 15) is 18.8 Å². The van der Waals surface area contributed by atoms with Gasteiger partial charge in [-0.1, -0.05) is 12.1 Å². The van der Waals surface area contributed by atoms with Crippen molar-refractivity contribution < 1.29 is 23.5 Å². The highest BCUT2D eigenvalue weighted by molar-refractivity contribution is 7.98. The number of hydrogen-bond acceptors (Lipinski definition) is 8. The zero-order valence-corrected chi connectivity index (χ0v) is 27.1. The summed E-state index contributed by atoms with van der Waals surface area (Å²) in [4.78, 5) is 41.9. The number of hydrogen-bond donors (Lipinski definition) is 3. The molecule has 0 heterocycles. The summed E-state index contributed by atoms with van der Waals surface area (Å²) in [6, 6.07) is 9.79. The van der Waals surface area contributed by atoms with Crippen LogP contribution in [-0.4, -0.2) is 79.3 Å². The maximum absolute atomic E-state index is 13.9. The first kappa shape index (κ1) is 37.8. The second-order valence-corrected chi connectivity index (χ2v) is 11.1. The number of Topliss-reactive ketones (excluding diaryl/α,β-unsaturated/α-hetero) is 1. The van der Waals surface area contributed by atoms with E-state index in [4.69, 9.17) is 33.7 Å². The van der Waals surface area contributed by atoms with E-state index in [1.54, 1.807) is 32.0 Å². The lowest BCUT2D eigenvalue weighted by Crippen LogP contribution is -2.53. The average molecular weight is 666 g/mol. The number of carbonyl (C=O) groups is 3. The zero-order valence-electron chi connectivity index (χ0n) is 24.0. The smallest absolute Gasteiger partial charge is 0.328 e. The highest BCUT2D eigenvalue weighted by atomic mass is 35.5. The van der Waals surface area contributed by atoms with Gasteiger partial charge in [0, 0.05) is 36.2 Å². The maximum Gasteiger partial charge on any atom is 0.328 e. The van der Waals surface area contributed by atoms with E-state index in [-0.39, 0.29) is 24.8 Å². The fourth-order valence-electron chi connectivity index (χ4n) is 4.32. The van der Waals surface area contributed by atoms with Gasteiger partial charge in [-0.05, 0) is 74.2 Å². The Labute approximate surface area is 268 Å². The van der Waals surface area contributed by atoms with Gasteiger partial charge in [-0.15, -0.1) is 35.6 Å². The number of thioether (sulfide) groups is 1. The Morgan fingerprint density at radius 3 is 2.31 bits per heavy atom. The Balaban J connectivity index is 0.00000882. The summed E-state index contributed by atoms with van der Waals surface area (Å²) in [5.74, 6) is -1.69. The van der Waals surface area contributed by atoms with Crippen molar-refractivity contribution in [3.63, 3.8) is 0 Å². The number of carbonyl (C=O) groups excluding carboxylic acids is 3. The highest BCUT2D eigenvalue weighted by Crippen LogP contribution is 2.27. The lowest BCUT2D eigenvalue weighted by atomic mass is 9.84. The van der Waals surface area contributed by atoms with Crippen LogP contribution >= 0.6 is 47.4 Å². The molecule has 2 aromatic carbocycles. The molecule has 13 heteroatoms. The molecule has 2 aromatic rings. The Kier molecular flexibility index (Phi) is 17.9. The first-order valence-corrected chi connectivity index (χ1v) is 15.9. The van der Waals surface area contributed by atoms with Crippen LogP contribution in [0.3, 0.4) is 0 Å². The quantitative estimate of drug-likeness (QED) is 0.154. The van der Waals surface area contributed by atoms with Crippen molar-refractivity contribution in [1.29, 1.82) is 0 Å². The van der Waals surface area contributed by atoms with Gasteiger partial charge in [0.15, 0.2) is 5.78 Å². The minimum absolute atomic E-state index is 0. The number of nitrogens with two attached hydrogens (primary N) is 1. The van der Waals surface area contributed by atoms with Crippen LogP contribution in [0, 0.1) is 5.82 Å². The van der Waals surface area contributed by atoms with Crippen LogP contribution in [0.15, 0.2) is 48.5 Å². The fourth-order valence-corrected chi connectivity index (χ4v) is 5.20. The number of benzene rings is 2. The molecule has 0 aliphatic rings. The summed E-state index contributed by atoms with van der Waals surface area (Å²) in [5, 5.41) is 5.77. The van der Waals surface area contributed by atoms with Gasteiger partial charge >= 0.3 is 5.97 Å². The van der Waals surface area contributed by atoms with E-state index in [0.717, 1.165) is 5.69 Å². The number of halogens is 4. The molecule has 42 heavy (non-hydrogen) atoms. The van der Waals surface area contributed by atoms with Gasteiger partial charge in [-0.2, -0.15) is 11.8 Å². The first-order valence-electron chi connectivity index (χ1n) is 13.4. The number of ketones is 1. The summed E-state index contributed by atoms with van der Waals surface area (Å²) in [6.07, 6.45) is 2.24. The number of alkyl halides is 2. The van der Waals surface area contributed by atoms with Crippen molar-refractivity contribution in [2.45, 2.75) is 44.3 Å². The van der Waals surface area contributed by atoms with Crippen molar-refractivity contribution in [2.24, 2.45) is 5.73 Å². The SMILES string of the molecule is CCOC(=O)[C@H](CCSC)NC(=O)[C@@H](N)C(C(=O)[C@H](C)Nc1ccc(F)cc1)c1cccc(N(CCCl)CCCl)c1.Cl. The third kappa shape index (κ3) is 11.4. The fraction of sp³-hybridized carbons (Fsp3) is 0.483. The van der Waals surface area contributed by atoms with Crippen molar-refractivity contribution in [1.82, 2.24) is 5.32 Å². The lowest BCUT2D eigenvalue weighted by molar-refractivity contribution is -0.147. The molecule has 0 aliphatic carbocycles. The highest BCUT2D eigenvalue weighted by Gasteiger charge is 2.36. The van der Waals surface area contributed by atoms with Crippen LogP contribution in [0.1, 0.15) is 31.7 Å². The minimum atomic E-state index is -1.32. The number of esters is 1. The van der Waals surface area contributed by atoms with Crippen molar-refractivity contribution >= 4 is 76.4 Å². The van der Waals surface area contributed by atoms with E-state index >= 15 is 0 Å². The van der Waals surface area contributed by atoms with Crippen LogP contribution in [-0.2, 0) is 19.1 Å². The van der Waals surface area contributed by atoms with E-state index in [2.05, 4.69) is 10.6 Å². The zero-order chi connectivity index (χ0) is 30.4. The van der Waals surface area contributed by atoms with Gasteiger partial charge in [0.25, 0.3) is 0 Å². The third-order valence-corrected chi connectivity index (χ3v) is 7.41. The molecule has 2 rings (SSSR count). The molecule has 0 aliphatic heterocycles. The summed E-state index contributed by atoms with van der Waals surface area (Å²) in [7, 11) is 0. The molecule has 0 bridgehead atoms. The second kappa shape index (κ2) is 19.9. The molecule has 0 fully saturated rings. The monoisotopic (exact) mass is 664 g/mol. The van der Waals surface area contributed by atoms with Crippen molar-refractivity contribution in [2.75, 3.05) is 53.7 Å². The Morgan fingerprint density at radius 1 is 1.10 bits per heavy atom. The van der Waals surface area contributed by atoms with Crippen LogP contribution in [0.2, 0.25) is 0 Å². The maximum atomic E-state index is 13.9. The van der Waals surface area contributed by atoms with E-state index in [1.807, 2.05) is 17.2 Å². The molecule has 0 aromatic heterocycles. The third-order valence-electron chi connectivity index (χ3n) is 6.42. The minimum Gasteiger partial charge on any atom is -0.464 e. The van der Waals surface area contributed by atoms with Gasteiger partial charge in [-0.3, -0.25) is 9.59 Å². The molecule has 8 nitrogen and oxygen atoms in total. The number of nitrogens with zero attached hydrogens (tertiary/aromatic N) is 1. The van der Waals surface area contributed by atoms with Gasteiger partial charge in [-0.25, -0.2) is 9.18 Å².